The molecule has 4 nitrogen and oxygen atoms in total. The number of thiophene rings is 1. The van der Waals surface area contributed by atoms with Gasteiger partial charge in [0.2, 0.25) is 0 Å². The van der Waals surface area contributed by atoms with E-state index in [0.717, 1.165) is 5.69 Å². The Labute approximate surface area is 112 Å². The van der Waals surface area contributed by atoms with Crippen LogP contribution in [-0.4, -0.2) is 23.8 Å². The third kappa shape index (κ3) is 4.31. The van der Waals surface area contributed by atoms with Crippen molar-refractivity contribution in [1.29, 1.82) is 0 Å². The zero-order valence-corrected chi connectivity index (χ0v) is 12.2. The maximum absolute atomic E-state index is 11.7. The molecule has 0 aliphatic carbocycles. The topological polar surface area (TPSA) is 61.4 Å². The van der Waals surface area contributed by atoms with Gasteiger partial charge in [0, 0.05) is 17.3 Å². The Morgan fingerprint density at radius 1 is 1.50 bits per heavy atom. The minimum absolute atomic E-state index is 0.168. The predicted octanol–water partition coefficient (Wildman–Crippen LogP) is 2.91. The van der Waals surface area contributed by atoms with Crippen molar-refractivity contribution in [2.45, 2.75) is 33.8 Å². The van der Waals surface area contributed by atoms with Gasteiger partial charge in [-0.2, -0.15) is 11.3 Å². The third-order valence-corrected chi connectivity index (χ3v) is 3.60. The third-order valence-electron chi connectivity index (χ3n) is 2.92. The number of hydrogen-bond donors (Lipinski definition) is 3. The molecule has 0 bridgehead atoms. The second-order valence-electron chi connectivity index (χ2n) is 5.50. The molecule has 0 aliphatic heterocycles. The first-order valence-corrected chi connectivity index (χ1v) is 7.02. The first-order chi connectivity index (χ1) is 8.33. The van der Waals surface area contributed by atoms with Crippen molar-refractivity contribution in [2.24, 2.45) is 11.3 Å². The lowest BCUT2D eigenvalue weighted by molar-refractivity contribution is 0.0154. The van der Waals surface area contributed by atoms with Crippen LogP contribution in [0.3, 0.4) is 0 Å². The zero-order chi connectivity index (χ0) is 13.8. The van der Waals surface area contributed by atoms with E-state index in [1.54, 1.807) is 0 Å². The smallest absolute Gasteiger partial charge is 0.319 e. The normalized spacial score (nSPS) is 13.4. The first-order valence-electron chi connectivity index (χ1n) is 6.08. The second kappa shape index (κ2) is 6.20. The molecule has 1 heterocycles. The SMILES string of the molecule is CC(C)C(O)C(C)(C)CNC(=O)Nc1ccsc1. The van der Waals surface area contributed by atoms with Gasteiger partial charge in [-0.05, 0) is 17.4 Å². The Bertz CT molecular complexity index is 374. The fourth-order valence-corrected chi connectivity index (χ4v) is 2.41. The van der Waals surface area contributed by atoms with Gasteiger partial charge in [-0.25, -0.2) is 4.79 Å². The van der Waals surface area contributed by atoms with Gasteiger partial charge in [-0.3, -0.25) is 0 Å². The van der Waals surface area contributed by atoms with Crippen LogP contribution >= 0.6 is 11.3 Å². The van der Waals surface area contributed by atoms with Crippen molar-refractivity contribution < 1.29 is 9.90 Å². The van der Waals surface area contributed by atoms with E-state index in [4.69, 9.17) is 0 Å². The molecule has 18 heavy (non-hydrogen) atoms. The predicted molar refractivity (Wildman–Crippen MR) is 76.0 cm³/mol. The van der Waals surface area contributed by atoms with Crippen molar-refractivity contribution in [3.05, 3.63) is 16.8 Å². The van der Waals surface area contributed by atoms with E-state index in [1.165, 1.54) is 11.3 Å². The highest BCUT2D eigenvalue weighted by molar-refractivity contribution is 7.08. The van der Waals surface area contributed by atoms with Crippen LogP contribution in [0.25, 0.3) is 0 Å². The van der Waals surface area contributed by atoms with E-state index in [2.05, 4.69) is 10.6 Å². The molecule has 0 saturated carbocycles. The molecule has 1 aromatic heterocycles. The Hall–Kier alpha value is -1.07. The molecule has 0 radical (unpaired) electrons. The monoisotopic (exact) mass is 270 g/mol. The van der Waals surface area contributed by atoms with E-state index in [-0.39, 0.29) is 17.4 Å². The number of rotatable bonds is 5. The number of amides is 2. The maximum atomic E-state index is 11.7. The van der Waals surface area contributed by atoms with E-state index in [0.29, 0.717) is 6.54 Å². The average Bonchev–Trinajstić information content (AvgIpc) is 2.78. The summed E-state index contributed by atoms with van der Waals surface area (Å²) in [5.41, 5.74) is 0.444. The number of carbonyl (C=O) groups is 1. The molecule has 0 fully saturated rings. The summed E-state index contributed by atoms with van der Waals surface area (Å²) < 4.78 is 0. The molecular formula is C13H22N2O2S. The number of aliphatic hydroxyl groups is 1. The van der Waals surface area contributed by atoms with Crippen LogP contribution in [0.4, 0.5) is 10.5 Å². The Morgan fingerprint density at radius 3 is 2.67 bits per heavy atom. The van der Waals surface area contributed by atoms with E-state index in [9.17, 15) is 9.90 Å². The average molecular weight is 270 g/mol. The van der Waals surface area contributed by atoms with Crippen LogP contribution in [0, 0.1) is 11.3 Å². The van der Waals surface area contributed by atoms with E-state index in [1.807, 2.05) is 44.5 Å². The molecule has 1 atom stereocenters. The summed E-state index contributed by atoms with van der Waals surface area (Å²) in [5, 5.41) is 19.4. The molecule has 0 spiro atoms. The summed E-state index contributed by atoms with van der Waals surface area (Å²) >= 11 is 1.53. The van der Waals surface area contributed by atoms with Crippen LogP contribution in [0.1, 0.15) is 27.7 Å². The van der Waals surface area contributed by atoms with Crippen LogP contribution in [0.2, 0.25) is 0 Å². The quantitative estimate of drug-likeness (QED) is 0.770. The highest BCUT2D eigenvalue weighted by Gasteiger charge is 2.30. The molecule has 0 aromatic carbocycles. The van der Waals surface area contributed by atoms with Gasteiger partial charge >= 0.3 is 6.03 Å². The van der Waals surface area contributed by atoms with Crippen LogP contribution in [0.5, 0.6) is 0 Å². The van der Waals surface area contributed by atoms with Gasteiger partial charge in [0.25, 0.3) is 0 Å². The fraction of sp³-hybridized carbons (Fsp3) is 0.615. The molecule has 0 saturated heterocycles. The van der Waals surface area contributed by atoms with Crippen molar-refractivity contribution in [2.75, 3.05) is 11.9 Å². The van der Waals surface area contributed by atoms with Gasteiger partial charge in [0.15, 0.2) is 0 Å². The van der Waals surface area contributed by atoms with E-state index < -0.39 is 6.10 Å². The molecule has 102 valence electrons. The second-order valence-corrected chi connectivity index (χ2v) is 6.28. The molecule has 0 aliphatic rings. The lowest BCUT2D eigenvalue weighted by Gasteiger charge is -2.33. The lowest BCUT2D eigenvalue weighted by Crippen LogP contribution is -2.44. The van der Waals surface area contributed by atoms with Crippen molar-refractivity contribution in [3.63, 3.8) is 0 Å². The molecular weight excluding hydrogens is 248 g/mol. The highest BCUT2D eigenvalue weighted by atomic mass is 32.1. The summed E-state index contributed by atoms with van der Waals surface area (Å²) in [7, 11) is 0. The number of anilines is 1. The summed E-state index contributed by atoms with van der Waals surface area (Å²) in [6.45, 7) is 8.27. The van der Waals surface area contributed by atoms with Gasteiger partial charge in [-0.15, -0.1) is 0 Å². The Balaban J connectivity index is 2.42. The van der Waals surface area contributed by atoms with Crippen molar-refractivity contribution >= 4 is 23.1 Å². The number of nitrogens with one attached hydrogen (secondary N) is 2. The first kappa shape index (κ1) is 15.0. The minimum atomic E-state index is -0.445. The minimum Gasteiger partial charge on any atom is -0.392 e. The number of urea groups is 1. The Morgan fingerprint density at radius 2 is 2.17 bits per heavy atom. The summed E-state index contributed by atoms with van der Waals surface area (Å²) in [6.07, 6.45) is -0.445. The van der Waals surface area contributed by atoms with Gasteiger partial charge in [0.05, 0.1) is 11.8 Å². The number of hydrogen-bond acceptors (Lipinski definition) is 3. The molecule has 1 unspecified atom stereocenters. The molecule has 5 heteroatoms. The molecule has 1 aromatic rings. The molecule has 1 rings (SSSR count). The van der Waals surface area contributed by atoms with Crippen LogP contribution in [0.15, 0.2) is 16.8 Å². The molecule has 3 N–H and O–H groups in total. The summed E-state index contributed by atoms with van der Waals surface area (Å²) in [5.74, 6) is 0.168. The summed E-state index contributed by atoms with van der Waals surface area (Å²) in [4.78, 5) is 11.7. The zero-order valence-electron chi connectivity index (χ0n) is 11.4. The fourth-order valence-electron chi connectivity index (χ4n) is 1.83. The summed E-state index contributed by atoms with van der Waals surface area (Å²) in [6, 6.07) is 1.61. The van der Waals surface area contributed by atoms with Gasteiger partial charge in [-0.1, -0.05) is 27.7 Å². The van der Waals surface area contributed by atoms with Crippen LogP contribution < -0.4 is 10.6 Å². The van der Waals surface area contributed by atoms with Crippen molar-refractivity contribution in [3.8, 4) is 0 Å². The maximum Gasteiger partial charge on any atom is 0.319 e. The highest BCUT2D eigenvalue weighted by Crippen LogP contribution is 2.25. The standard InChI is InChI=1S/C13H22N2O2S/c1-9(2)11(16)13(3,4)8-14-12(17)15-10-5-6-18-7-10/h5-7,9,11,16H,8H2,1-4H3,(H2,14,15,17). The van der Waals surface area contributed by atoms with E-state index >= 15 is 0 Å². The van der Waals surface area contributed by atoms with Crippen molar-refractivity contribution in [1.82, 2.24) is 5.32 Å². The van der Waals surface area contributed by atoms with Gasteiger partial charge in [0.1, 0.15) is 0 Å². The molecule has 2 amide bonds. The van der Waals surface area contributed by atoms with Crippen LogP contribution in [-0.2, 0) is 0 Å². The number of aliphatic hydroxyl groups excluding tert-OH is 1. The largest absolute Gasteiger partial charge is 0.392 e. The number of carbonyl (C=O) groups excluding carboxylic acids is 1. The lowest BCUT2D eigenvalue weighted by atomic mass is 9.81. The Kier molecular flexibility index (Phi) is 5.16. The van der Waals surface area contributed by atoms with Gasteiger partial charge < -0.3 is 15.7 Å².